The van der Waals surface area contributed by atoms with E-state index in [1.807, 2.05) is 6.92 Å². The molecule has 13 heavy (non-hydrogen) atoms. The Morgan fingerprint density at radius 3 is 2.69 bits per heavy atom. The van der Waals surface area contributed by atoms with E-state index in [1.54, 1.807) is 0 Å². The van der Waals surface area contributed by atoms with E-state index in [4.69, 9.17) is 5.11 Å². The van der Waals surface area contributed by atoms with Gasteiger partial charge >= 0.3 is 5.97 Å². The number of hydrogen-bond acceptors (Lipinski definition) is 2. The van der Waals surface area contributed by atoms with Crippen molar-refractivity contribution < 1.29 is 14.7 Å². The molecule has 1 N–H and O–H groups in total. The lowest BCUT2D eigenvalue weighted by Crippen LogP contribution is -2.41. The zero-order valence-electron chi connectivity index (χ0n) is 7.56. The van der Waals surface area contributed by atoms with Crippen LogP contribution < -0.4 is 0 Å². The van der Waals surface area contributed by atoms with Gasteiger partial charge < -0.3 is 10.0 Å². The van der Waals surface area contributed by atoms with Gasteiger partial charge in [0.2, 0.25) is 5.91 Å². The normalized spacial score (nSPS) is 27.3. The van der Waals surface area contributed by atoms with Gasteiger partial charge in [-0.15, -0.1) is 0 Å². The molecule has 1 aliphatic rings. The summed E-state index contributed by atoms with van der Waals surface area (Å²) < 4.78 is 0. The van der Waals surface area contributed by atoms with Crippen molar-refractivity contribution in [1.29, 1.82) is 0 Å². The molecule has 1 fully saturated rings. The number of aliphatic carboxylic acids is 1. The fraction of sp³-hybridized carbons (Fsp3) is 0.556. The van der Waals surface area contributed by atoms with Crippen molar-refractivity contribution in [2.45, 2.75) is 19.4 Å². The Balaban J connectivity index is 2.81. The minimum absolute atomic E-state index is 0.0291. The first kappa shape index (κ1) is 9.77. The molecule has 0 aromatic heterocycles. The quantitative estimate of drug-likeness (QED) is 0.634. The van der Waals surface area contributed by atoms with Gasteiger partial charge in [-0.1, -0.05) is 13.5 Å². The van der Waals surface area contributed by atoms with Gasteiger partial charge in [-0.2, -0.15) is 0 Å². The van der Waals surface area contributed by atoms with Crippen LogP contribution in [0, 0.1) is 5.92 Å². The van der Waals surface area contributed by atoms with Crippen LogP contribution in [0.2, 0.25) is 0 Å². The topological polar surface area (TPSA) is 57.6 Å². The molecule has 4 nitrogen and oxygen atoms in total. The fourth-order valence-electron chi connectivity index (χ4n) is 1.69. The van der Waals surface area contributed by atoms with Crippen molar-refractivity contribution in [3.63, 3.8) is 0 Å². The number of carbonyl (C=O) groups is 2. The predicted octanol–water partition coefficient (Wildman–Crippen LogP) is 0.494. The van der Waals surface area contributed by atoms with Crippen LogP contribution in [0.3, 0.4) is 0 Å². The first-order chi connectivity index (χ1) is 6.07. The van der Waals surface area contributed by atoms with E-state index in [2.05, 4.69) is 6.58 Å². The SMILES string of the molecule is C=CC(=O)N1CCC(C)C1C(=O)O. The van der Waals surface area contributed by atoms with Gasteiger partial charge in [0.05, 0.1) is 0 Å². The van der Waals surface area contributed by atoms with Gasteiger partial charge in [-0.3, -0.25) is 4.79 Å². The van der Waals surface area contributed by atoms with Crippen LogP contribution in [0.5, 0.6) is 0 Å². The largest absolute Gasteiger partial charge is 0.480 e. The van der Waals surface area contributed by atoms with E-state index in [9.17, 15) is 9.59 Å². The third-order valence-electron chi connectivity index (χ3n) is 2.41. The lowest BCUT2D eigenvalue weighted by molar-refractivity contribution is -0.147. The Bertz CT molecular complexity index is 249. The van der Waals surface area contributed by atoms with Crippen LogP contribution in [0.1, 0.15) is 13.3 Å². The van der Waals surface area contributed by atoms with Gasteiger partial charge in [0.15, 0.2) is 0 Å². The highest BCUT2D eigenvalue weighted by Gasteiger charge is 2.38. The van der Waals surface area contributed by atoms with Crippen molar-refractivity contribution in [1.82, 2.24) is 4.90 Å². The molecule has 2 atom stereocenters. The number of likely N-dealkylation sites (tertiary alicyclic amines) is 1. The smallest absolute Gasteiger partial charge is 0.326 e. The monoisotopic (exact) mass is 183 g/mol. The number of carbonyl (C=O) groups excluding carboxylic acids is 1. The van der Waals surface area contributed by atoms with Crippen molar-refractivity contribution >= 4 is 11.9 Å². The predicted molar refractivity (Wildman–Crippen MR) is 47.1 cm³/mol. The van der Waals surface area contributed by atoms with Gasteiger partial charge in [0.1, 0.15) is 6.04 Å². The first-order valence-electron chi connectivity index (χ1n) is 4.23. The van der Waals surface area contributed by atoms with Crippen LogP contribution in [0.4, 0.5) is 0 Å². The van der Waals surface area contributed by atoms with E-state index < -0.39 is 12.0 Å². The summed E-state index contributed by atoms with van der Waals surface area (Å²) in [6, 6.07) is -0.675. The summed E-state index contributed by atoms with van der Waals surface area (Å²) in [5.74, 6) is -1.20. The average molecular weight is 183 g/mol. The third kappa shape index (κ3) is 1.71. The number of nitrogens with zero attached hydrogens (tertiary/aromatic N) is 1. The maximum atomic E-state index is 11.2. The van der Waals surface area contributed by atoms with Crippen LogP contribution in [0.25, 0.3) is 0 Å². The number of amides is 1. The highest BCUT2D eigenvalue weighted by atomic mass is 16.4. The van der Waals surface area contributed by atoms with Gasteiger partial charge in [-0.05, 0) is 18.4 Å². The molecule has 0 aliphatic carbocycles. The summed E-state index contributed by atoms with van der Waals surface area (Å²) in [6.07, 6.45) is 1.91. The van der Waals surface area contributed by atoms with Gasteiger partial charge in [0, 0.05) is 6.54 Å². The molecule has 0 aromatic carbocycles. The summed E-state index contributed by atoms with van der Waals surface area (Å²) in [7, 11) is 0. The molecule has 72 valence electrons. The lowest BCUT2D eigenvalue weighted by atomic mass is 10.0. The minimum Gasteiger partial charge on any atom is -0.480 e. The van der Waals surface area contributed by atoms with E-state index in [0.717, 1.165) is 12.5 Å². The van der Waals surface area contributed by atoms with E-state index in [-0.39, 0.29) is 11.8 Å². The Morgan fingerprint density at radius 1 is 1.62 bits per heavy atom. The molecule has 1 aliphatic heterocycles. The highest BCUT2D eigenvalue weighted by Crippen LogP contribution is 2.24. The molecule has 1 saturated heterocycles. The lowest BCUT2D eigenvalue weighted by Gasteiger charge is -2.21. The second kappa shape index (κ2) is 3.60. The van der Waals surface area contributed by atoms with Crippen molar-refractivity contribution in [3.05, 3.63) is 12.7 Å². The molecule has 1 heterocycles. The van der Waals surface area contributed by atoms with Crippen molar-refractivity contribution in [3.8, 4) is 0 Å². The molecule has 0 bridgehead atoms. The molecule has 0 radical (unpaired) electrons. The standard InChI is InChI=1S/C9H13NO3/c1-3-7(11)10-5-4-6(2)8(10)9(12)13/h3,6,8H,1,4-5H2,2H3,(H,12,13). The fourth-order valence-corrected chi connectivity index (χ4v) is 1.69. The van der Waals surface area contributed by atoms with Gasteiger partial charge in [-0.25, -0.2) is 4.79 Å². The third-order valence-corrected chi connectivity index (χ3v) is 2.41. The molecule has 0 aromatic rings. The summed E-state index contributed by atoms with van der Waals surface area (Å²) in [4.78, 5) is 23.4. The summed E-state index contributed by atoms with van der Waals surface area (Å²) >= 11 is 0. The second-order valence-corrected chi connectivity index (χ2v) is 3.28. The Hall–Kier alpha value is -1.32. The number of hydrogen-bond donors (Lipinski definition) is 1. The number of carboxylic acids is 1. The molecule has 1 amide bonds. The molecular formula is C9H13NO3. The molecule has 1 rings (SSSR count). The van der Waals surface area contributed by atoms with Crippen LogP contribution in [-0.2, 0) is 9.59 Å². The van der Waals surface area contributed by atoms with Crippen molar-refractivity contribution in [2.24, 2.45) is 5.92 Å². The van der Waals surface area contributed by atoms with E-state index in [1.165, 1.54) is 4.90 Å². The number of carboxylic acid groups (broad SMARTS) is 1. The summed E-state index contributed by atoms with van der Waals surface area (Å²) in [5, 5.41) is 8.87. The Kier molecular flexibility index (Phi) is 2.70. The molecule has 2 unspecified atom stereocenters. The number of rotatable bonds is 2. The average Bonchev–Trinajstić information content (AvgIpc) is 2.45. The molecular weight excluding hydrogens is 170 g/mol. The Labute approximate surface area is 76.8 Å². The van der Waals surface area contributed by atoms with Crippen LogP contribution in [-0.4, -0.2) is 34.5 Å². The maximum Gasteiger partial charge on any atom is 0.326 e. The summed E-state index contributed by atoms with van der Waals surface area (Å²) in [6.45, 7) is 5.70. The molecule has 0 spiro atoms. The summed E-state index contributed by atoms with van der Waals surface area (Å²) in [5.41, 5.74) is 0. The van der Waals surface area contributed by atoms with Gasteiger partial charge in [0.25, 0.3) is 0 Å². The van der Waals surface area contributed by atoms with Crippen LogP contribution in [0.15, 0.2) is 12.7 Å². The van der Waals surface area contributed by atoms with E-state index >= 15 is 0 Å². The second-order valence-electron chi connectivity index (χ2n) is 3.28. The van der Waals surface area contributed by atoms with Crippen molar-refractivity contribution in [2.75, 3.05) is 6.54 Å². The first-order valence-corrected chi connectivity index (χ1v) is 4.23. The maximum absolute atomic E-state index is 11.2. The molecule has 0 saturated carbocycles. The highest BCUT2D eigenvalue weighted by molar-refractivity contribution is 5.91. The minimum atomic E-state index is -0.930. The Morgan fingerprint density at radius 2 is 2.23 bits per heavy atom. The van der Waals surface area contributed by atoms with Crippen LogP contribution >= 0.6 is 0 Å². The zero-order chi connectivity index (χ0) is 10.0. The van der Waals surface area contributed by atoms with E-state index in [0.29, 0.717) is 6.54 Å². The zero-order valence-corrected chi connectivity index (χ0v) is 7.56. The molecule has 4 heteroatoms.